The number of alkyl halides is 2. The Hall–Kier alpha value is -0.525. The Morgan fingerprint density at radius 3 is 1.70 bits per heavy atom. The van der Waals surface area contributed by atoms with Crippen molar-refractivity contribution in [3.05, 3.63) is 12.7 Å². The van der Waals surface area contributed by atoms with E-state index in [4.69, 9.17) is 10.0 Å². The fourth-order valence-corrected chi connectivity index (χ4v) is 0. The van der Waals surface area contributed by atoms with Crippen LogP contribution in [0.1, 0.15) is 0 Å². The van der Waals surface area contributed by atoms with E-state index in [0.29, 0.717) is 6.08 Å². The second-order valence-corrected chi connectivity index (χ2v) is 0.986. The normalized spacial score (nSPS) is 8.20. The Kier molecular flexibility index (Phi) is 10.3. The van der Waals surface area contributed by atoms with Crippen molar-refractivity contribution in [2.45, 2.75) is 6.43 Å². The Labute approximate surface area is 55.8 Å². The van der Waals surface area contributed by atoms with Gasteiger partial charge in [0.2, 0.25) is 0 Å². The fraction of sp³-hybridized carbons (Fsp3) is 0.333. The van der Waals surface area contributed by atoms with E-state index in [1.54, 1.807) is 0 Å². The van der Waals surface area contributed by atoms with Crippen LogP contribution in [0.15, 0.2) is 12.7 Å². The van der Waals surface area contributed by atoms with Crippen molar-refractivity contribution in [3.63, 3.8) is 0 Å². The number of allylic oxidation sites excluding steroid dienone is 1. The molecule has 10 heavy (non-hydrogen) atoms. The third kappa shape index (κ3) is 26.0. The molecule has 0 aromatic heterocycles. The Morgan fingerprint density at radius 1 is 1.50 bits per heavy atom. The molecule has 0 saturated carbocycles. The molecule has 0 saturated heterocycles. The van der Waals surface area contributed by atoms with E-state index < -0.39 is 13.7 Å². The highest BCUT2D eigenvalue weighted by Gasteiger charge is 2.05. The maximum absolute atomic E-state index is 10.6. The summed E-state index contributed by atoms with van der Waals surface area (Å²) in [5.41, 5.74) is 0. The maximum atomic E-state index is 10.6. The lowest BCUT2D eigenvalue weighted by molar-refractivity contribution is -0.0560. The van der Waals surface area contributed by atoms with E-state index in [1.165, 1.54) is 0 Å². The summed E-state index contributed by atoms with van der Waals surface area (Å²) in [6.07, 6.45) is -1.77. The summed E-state index contributed by atoms with van der Waals surface area (Å²) in [5, 5.41) is 14.6. The zero-order valence-corrected chi connectivity index (χ0v) is 4.88. The molecule has 0 aliphatic heterocycles. The maximum Gasteiger partial charge on any atom is 0.667 e. The lowest BCUT2D eigenvalue weighted by Gasteiger charge is -1.78. The van der Waals surface area contributed by atoms with E-state index in [9.17, 15) is 13.3 Å². The van der Waals surface area contributed by atoms with Gasteiger partial charge in [0, 0.05) is 0 Å². The molecule has 3 nitrogen and oxygen atoms in total. The molecule has 0 atom stereocenters. The summed E-state index contributed by atoms with van der Waals surface area (Å²) in [4.78, 5) is 2.36. The molecule has 7 heteroatoms. The van der Waals surface area contributed by atoms with Crippen LogP contribution in [0.5, 0.6) is 0 Å². The Morgan fingerprint density at radius 2 is 1.70 bits per heavy atom. The Bertz CT molecular complexity index is 79.4. The highest BCUT2D eigenvalue weighted by Crippen LogP contribution is 1.87. The molecule has 0 bridgehead atoms. The van der Waals surface area contributed by atoms with Gasteiger partial charge in [0.1, 0.15) is 0 Å². The van der Waals surface area contributed by atoms with Crippen LogP contribution in [-0.2, 0) is 4.86 Å². The lowest BCUT2D eigenvalue weighted by atomic mass is 10.3. The first-order valence-electron chi connectivity index (χ1n) is 2.08. The highest BCUT2D eigenvalue weighted by atomic mass is 19.3. The van der Waals surface area contributed by atoms with Crippen LogP contribution >= 0.6 is 0 Å². The van der Waals surface area contributed by atoms with Gasteiger partial charge in [0.15, 0.2) is 0 Å². The zero-order valence-electron chi connectivity index (χ0n) is 4.88. The lowest BCUT2D eigenvalue weighted by Crippen LogP contribution is -2.10. The minimum absolute atomic E-state index is 0.583. The topological polar surface area (TPSA) is 49.7 Å². The molecule has 0 rings (SSSR count). The average Bonchev–Trinajstić information content (AvgIpc) is 1.89. The van der Waals surface area contributed by atoms with Crippen LogP contribution in [-0.4, -0.2) is 23.8 Å². The summed E-state index contributed by atoms with van der Waals surface area (Å²) < 4.78 is 31.4. The summed E-state index contributed by atoms with van der Waals surface area (Å²) in [5.74, 6) is 0. The standard InChI is InChI=1S/C3H4F2.BFH2O3/c1-2-3(4)5;2-5-1(3)4/h2-3H,1H2;3-4H. The van der Waals surface area contributed by atoms with Crippen molar-refractivity contribution in [1.29, 1.82) is 0 Å². The predicted octanol–water partition coefficient (Wildman–Crippen LogP) is 0.295. The minimum Gasteiger partial charge on any atom is -0.400 e. The van der Waals surface area contributed by atoms with Gasteiger partial charge in [-0.1, -0.05) is 11.1 Å². The van der Waals surface area contributed by atoms with Gasteiger partial charge in [0.05, 0.1) is 0 Å². The highest BCUT2D eigenvalue weighted by molar-refractivity contribution is 6.32. The molecule has 60 valence electrons. The van der Waals surface area contributed by atoms with Gasteiger partial charge in [0.25, 0.3) is 6.43 Å². The first-order valence-corrected chi connectivity index (χ1v) is 2.08. The molecule has 0 aromatic rings. The number of hydrogen-bond donors (Lipinski definition) is 2. The van der Waals surface area contributed by atoms with Crippen molar-refractivity contribution in [3.8, 4) is 0 Å². The second-order valence-electron chi connectivity index (χ2n) is 0.986. The van der Waals surface area contributed by atoms with Crippen LogP contribution in [0.25, 0.3) is 0 Å². The average molecular weight is 158 g/mol. The molecular weight excluding hydrogens is 152 g/mol. The molecule has 0 spiro atoms. The monoisotopic (exact) mass is 158 g/mol. The van der Waals surface area contributed by atoms with Crippen molar-refractivity contribution in [2.24, 2.45) is 0 Å². The van der Waals surface area contributed by atoms with E-state index in [2.05, 4.69) is 11.4 Å². The van der Waals surface area contributed by atoms with Gasteiger partial charge in [-0.2, -0.15) is 4.86 Å². The van der Waals surface area contributed by atoms with Crippen LogP contribution in [0.3, 0.4) is 0 Å². The summed E-state index contributed by atoms with van der Waals surface area (Å²) in [6.45, 7) is 2.81. The molecule has 0 aliphatic rings. The molecule has 0 amide bonds. The molecule has 0 aromatic carbocycles. The second kappa shape index (κ2) is 8.47. The summed E-state index contributed by atoms with van der Waals surface area (Å²) in [7, 11) is -2.28. The van der Waals surface area contributed by atoms with E-state index in [0.717, 1.165) is 0 Å². The van der Waals surface area contributed by atoms with E-state index in [-0.39, 0.29) is 0 Å². The fourth-order valence-electron chi connectivity index (χ4n) is 0. The van der Waals surface area contributed by atoms with Gasteiger partial charge in [-0.05, 0) is 6.08 Å². The van der Waals surface area contributed by atoms with Gasteiger partial charge < -0.3 is 10.0 Å². The molecule has 0 aliphatic carbocycles. The summed E-state index contributed by atoms with van der Waals surface area (Å²) >= 11 is 0. The number of hydrogen-bond acceptors (Lipinski definition) is 3. The van der Waals surface area contributed by atoms with Crippen LogP contribution < -0.4 is 0 Å². The first kappa shape index (κ1) is 12.2. The molecule has 0 fully saturated rings. The van der Waals surface area contributed by atoms with E-state index >= 15 is 0 Å². The third-order valence-corrected chi connectivity index (χ3v) is 0.258. The van der Waals surface area contributed by atoms with Gasteiger partial charge in [-0.3, -0.25) is 0 Å². The van der Waals surface area contributed by atoms with Gasteiger partial charge in [-0.25, -0.2) is 8.78 Å². The number of halogens is 3. The Balaban J connectivity index is 0. The molecule has 2 N–H and O–H groups in total. The van der Waals surface area contributed by atoms with E-state index in [1.807, 2.05) is 0 Å². The molecule has 0 radical (unpaired) electrons. The van der Waals surface area contributed by atoms with Crippen molar-refractivity contribution in [1.82, 2.24) is 0 Å². The molecule has 0 heterocycles. The van der Waals surface area contributed by atoms with Crippen LogP contribution in [0, 0.1) is 0 Å². The van der Waals surface area contributed by atoms with Gasteiger partial charge >= 0.3 is 7.32 Å². The minimum atomic E-state index is -2.35. The zero-order chi connectivity index (χ0) is 8.57. The predicted molar refractivity (Wildman–Crippen MR) is 28.6 cm³/mol. The van der Waals surface area contributed by atoms with Crippen LogP contribution in [0.4, 0.5) is 13.3 Å². The van der Waals surface area contributed by atoms with Gasteiger partial charge in [-0.15, -0.1) is 0 Å². The van der Waals surface area contributed by atoms with Crippen molar-refractivity contribution < 1.29 is 28.2 Å². The first-order chi connectivity index (χ1) is 4.54. The van der Waals surface area contributed by atoms with Crippen molar-refractivity contribution >= 4 is 7.32 Å². The SMILES string of the molecule is C=CC(F)F.OB(O)OF. The van der Waals surface area contributed by atoms with Crippen molar-refractivity contribution in [2.75, 3.05) is 0 Å². The molecule has 0 unspecified atom stereocenters. The third-order valence-electron chi connectivity index (χ3n) is 0.258. The molecular formula is C3H6BF3O3. The smallest absolute Gasteiger partial charge is 0.400 e. The number of rotatable bonds is 2. The van der Waals surface area contributed by atoms with Crippen LogP contribution in [0.2, 0.25) is 0 Å². The largest absolute Gasteiger partial charge is 0.667 e. The summed E-state index contributed by atoms with van der Waals surface area (Å²) in [6, 6.07) is 0. The quantitative estimate of drug-likeness (QED) is 0.448.